The van der Waals surface area contributed by atoms with E-state index >= 15 is 0 Å². The lowest BCUT2D eigenvalue weighted by Crippen LogP contribution is -2.18. The van der Waals surface area contributed by atoms with Crippen molar-refractivity contribution in [3.8, 4) is 0 Å². The van der Waals surface area contributed by atoms with Crippen LogP contribution in [0.5, 0.6) is 0 Å². The standard InChI is InChI=1S/C15H20BrFO/c16-15-12(7-4-8-14(15)17)10-13(18)9-11-5-2-1-3-6-11/h4,7-8,11,13,18H,1-3,5-6,9-10H2. The van der Waals surface area contributed by atoms with E-state index in [0.29, 0.717) is 16.8 Å². The summed E-state index contributed by atoms with van der Waals surface area (Å²) in [6.07, 6.45) is 7.43. The zero-order chi connectivity index (χ0) is 13.0. The summed E-state index contributed by atoms with van der Waals surface area (Å²) in [5.74, 6) is 0.401. The maximum Gasteiger partial charge on any atom is 0.137 e. The Morgan fingerprint density at radius 1 is 1.28 bits per heavy atom. The van der Waals surface area contributed by atoms with E-state index in [1.165, 1.54) is 38.2 Å². The molecule has 1 N–H and O–H groups in total. The first kappa shape index (κ1) is 14.0. The Hall–Kier alpha value is -0.410. The number of hydrogen-bond donors (Lipinski definition) is 1. The molecule has 0 heterocycles. The van der Waals surface area contributed by atoms with Crippen LogP contribution in [0.3, 0.4) is 0 Å². The SMILES string of the molecule is OC(Cc1cccc(F)c1Br)CC1CCCCC1. The lowest BCUT2D eigenvalue weighted by Gasteiger charge is -2.24. The van der Waals surface area contributed by atoms with Gasteiger partial charge in [-0.2, -0.15) is 0 Å². The molecular formula is C15H20BrFO. The van der Waals surface area contributed by atoms with Gasteiger partial charge in [-0.1, -0.05) is 44.2 Å². The van der Waals surface area contributed by atoms with E-state index < -0.39 is 0 Å². The molecule has 1 nitrogen and oxygen atoms in total. The Bertz CT molecular complexity index is 388. The first-order valence-electron chi connectivity index (χ1n) is 6.77. The van der Waals surface area contributed by atoms with Gasteiger partial charge in [-0.15, -0.1) is 0 Å². The number of aliphatic hydroxyl groups excluding tert-OH is 1. The molecule has 18 heavy (non-hydrogen) atoms. The molecule has 1 aliphatic carbocycles. The minimum absolute atomic E-state index is 0.252. The highest BCUT2D eigenvalue weighted by Gasteiger charge is 2.18. The van der Waals surface area contributed by atoms with Crippen molar-refractivity contribution in [3.63, 3.8) is 0 Å². The van der Waals surface area contributed by atoms with Crippen molar-refractivity contribution in [2.45, 2.75) is 51.0 Å². The number of hydrogen-bond acceptors (Lipinski definition) is 1. The third-order valence-electron chi connectivity index (χ3n) is 3.82. The Morgan fingerprint density at radius 2 is 2.00 bits per heavy atom. The second-order valence-electron chi connectivity index (χ2n) is 5.31. The van der Waals surface area contributed by atoms with Crippen molar-refractivity contribution in [2.75, 3.05) is 0 Å². The summed E-state index contributed by atoms with van der Waals surface area (Å²) in [6.45, 7) is 0. The van der Waals surface area contributed by atoms with Crippen LogP contribution in [-0.4, -0.2) is 11.2 Å². The molecule has 1 atom stereocenters. The van der Waals surface area contributed by atoms with Crippen LogP contribution in [0, 0.1) is 11.7 Å². The minimum atomic E-state index is -0.355. The smallest absolute Gasteiger partial charge is 0.137 e. The molecule has 1 aromatic rings. The van der Waals surface area contributed by atoms with Crippen LogP contribution in [0.15, 0.2) is 22.7 Å². The van der Waals surface area contributed by atoms with E-state index in [2.05, 4.69) is 15.9 Å². The van der Waals surface area contributed by atoms with Gasteiger partial charge in [0.2, 0.25) is 0 Å². The highest BCUT2D eigenvalue weighted by atomic mass is 79.9. The Morgan fingerprint density at radius 3 is 2.72 bits per heavy atom. The fraction of sp³-hybridized carbons (Fsp3) is 0.600. The summed E-state index contributed by atoms with van der Waals surface area (Å²) in [6, 6.07) is 5.00. The van der Waals surface area contributed by atoms with Crippen LogP contribution < -0.4 is 0 Å². The van der Waals surface area contributed by atoms with Crippen molar-refractivity contribution < 1.29 is 9.50 Å². The minimum Gasteiger partial charge on any atom is -0.393 e. The van der Waals surface area contributed by atoms with E-state index in [4.69, 9.17) is 0 Å². The number of benzene rings is 1. The molecule has 0 spiro atoms. The molecule has 0 aromatic heterocycles. The predicted molar refractivity (Wildman–Crippen MR) is 75.0 cm³/mol. The summed E-state index contributed by atoms with van der Waals surface area (Å²) in [5, 5.41) is 10.1. The molecule has 1 aromatic carbocycles. The van der Waals surface area contributed by atoms with Crippen LogP contribution in [0.1, 0.15) is 44.1 Å². The van der Waals surface area contributed by atoms with Crippen LogP contribution in [0.2, 0.25) is 0 Å². The summed E-state index contributed by atoms with van der Waals surface area (Å²) in [5.41, 5.74) is 0.860. The first-order valence-corrected chi connectivity index (χ1v) is 7.57. The first-order chi connectivity index (χ1) is 8.66. The maximum absolute atomic E-state index is 13.4. The van der Waals surface area contributed by atoms with Gasteiger partial charge in [-0.05, 0) is 46.3 Å². The van der Waals surface area contributed by atoms with Crippen molar-refractivity contribution in [2.24, 2.45) is 5.92 Å². The average Bonchev–Trinajstić information content (AvgIpc) is 2.36. The second-order valence-corrected chi connectivity index (χ2v) is 6.10. The van der Waals surface area contributed by atoms with E-state index in [0.717, 1.165) is 12.0 Å². The molecule has 0 radical (unpaired) electrons. The fourth-order valence-electron chi connectivity index (χ4n) is 2.85. The molecule has 1 unspecified atom stereocenters. The highest BCUT2D eigenvalue weighted by Crippen LogP contribution is 2.29. The van der Waals surface area contributed by atoms with E-state index in [9.17, 15) is 9.50 Å². The largest absolute Gasteiger partial charge is 0.393 e. The van der Waals surface area contributed by atoms with E-state index in [-0.39, 0.29) is 11.9 Å². The van der Waals surface area contributed by atoms with Gasteiger partial charge in [-0.25, -0.2) is 4.39 Å². The molecule has 1 aliphatic rings. The van der Waals surface area contributed by atoms with Gasteiger partial charge in [-0.3, -0.25) is 0 Å². The van der Waals surface area contributed by atoms with Crippen LogP contribution in [0.4, 0.5) is 4.39 Å². The summed E-state index contributed by atoms with van der Waals surface area (Å²) < 4.78 is 13.9. The Kier molecular flexibility index (Phi) is 5.19. The second kappa shape index (κ2) is 6.67. The van der Waals surface area contributed by atoms with Gasteiger partial charge in [0.1, 0.15) is 5.82 Å². The lowest BCUT2D eigenvalue weighted by atomic mass is 9.84. The maximum atomic E-state index is 13.4. The van der Waals surface area contributed by atoms with Gasteiger partial charge in [0, 0.05) is 0 Å². The quantitative estimate of drug-likeness (QED) is 0.869. The molecule has 1 saturated carbocycles. The van der Waals surface area contributed by atoms with E-state index in [1.807, 2.05) is 6.07 Å². The predicted octanol–water partition coefficient (Wildman–Crippen LogP) is 4.46. The zero-order valence-corrected chi connectivity index (χ0v) is 12.1. The molecule has 3 heteroatoms. The Labute approximate surface area is 117 Å². The van der Waals surface area contributed by atoms with Gasteiger partial charge in [0.15, 0.2) is 0 Å². The average molecular weight is 315 g/mol. The molecule has 0 amide bonds. The van der Waals surface area contributed by atoms with E-state index in [1.54, 1.807) is 6.07 Å². The number of aliphatic hydroxyl groups is 1. The third-order valence-corrected chi connectivity index (χ3v) is 4.71. The van der Waals surface area contributed by atoms with Crippen molar-refractivity contribution in [1.82, 2.24) is 0 Å². The zero-order valence-electron chi connectivity index (χ0n) is 10.5. The summed E-state index contributed by atoms with van der Waals surface area (Å²) >= 11 is 3.25. The molecule has 2 rings (SSSR count). The molecular weight excluding hydrogens is 295 g/mol. The van der Waals surface area contributed by atoms with Crippen LogP contribution in [0.25, 0.3) is 0 Å². The van der Waals surface area contributed by atoms with Gasteiger partial charge in [0.05, 0.1) is 10.6 Å². The highest BCUT2D eigenvalue weighted by molar-refractivity contribution is 9.10. The molecule has 1 fully saturated rings. The lowest BCUT2D eigenvalue weighted by molar-refractivity contribution is 0.130. The Balaban J connectivity index is 1.90. The summed E-state index contributed by atoms with van der Waals surface area (Å²) in [4.78, 5) is 0. The van der Waals surface area contributed by atoms with Crippen molar-refractivity contribution >= 4 is 15.9 Å². The van der Waals surface area contributed by atoms with Gasteiger partial charge >= 0.3 is 0 Å². The van der Waals surface area contributed by atoms with Crippen molar-refractivity contribution in [3.05, 3.63) is 34.1 Å². The number of halogens is 2. The monoisotopic (exact) mass is 314 g/mol. The van der Waals surface area contributed by atoms with Crippen LogP contribution >= 0.6 is 15.9 Å². The number of rotatable bonds is 4. The summed E-state index contributed by atoms with van der Waals surface area (Å²) in [7, 11) is 0. The topological polar surface area (TPSA) is 20.2 Å². The van der Waals surface area contributed by atoms with Crippen LogP contribution in [-0.2, 0) is 6.42 Å². The normalized spacial score (nSPS) is 18.8. The molecule has 100 valence electrons. The van der Waals surface area contributed by atoms with Gasteiger partial charge < -0.3 is 5.11 Å². The fourth-order valence-corrected chi connectivity index (χ4v) is 3.28. The molecule has 0 bridgehead atoms. The van der Waals surface area contributed by atoms with Gasteiger partial charge in [0.25, 0.3) is 0 Å². The van der Waals surface area contributed by atoms with Crippen molar-refractivity contribution in [1.29, 1.82) is 0 Å². The third kappa shape index (κ3) is 3.79. The molecule has 0 saturated heterocycles. The molecule has 0 aliphatic heterocycles.